The number of hydrogen-bond donors (Lipinski definition) is 0. The molecule has 0 spiro atoms. The maximum atomic E-state index is 12.7. The second kappa shape index (κ2) is 6.55. The molecule has 0 saturated heterocycles. The third kappa shape index (κ3) is 3.42. The number of rotatable bonds is 4. The van der Waals surface area contributed by atoms with Crippen LogP contribution in [-0.2, 0) is 6.18 Å². The minimum Gasteiger partial charge on any atom is -0.477 e. The lowest BCUT2D eigenvalue weighted by molar-refractivity contribution is -0.137. The van der Waals surface area contributed by atoms with Crippen LogP contribution in [0.4, 0.5) is 13.2 Å². The molecule has 25 heavy (non-hydrogen) atoms. The first-order valence-corrected chi connectivity index (χ1v) is 8.02. The normalized spacial score (nSPS) is 13.2. The summed E-state index contributed by atoms with van der Waals surface area (Å²) in [6.45, 7) is 4.12. The summed E-state index contributed by atoms with van der Waals surface area (Å²) in [6.07, 6.45) is -2.74. The van der Waals surface area contributed by atoms with Crippen LogP contribution in [0.15, 0.2) is 36.5 Å². The van der Waals surface area contributed by atoms with Crippen LogP contribution < -0.4 is 4.74 Å². The molecule has 0 fully saturated rings. The van der Waals surface area contributed by atoms with Gasteiger partial charge in [-0.3, -0.25) is 4.68 Å². The number of aromatic nitrogens is 3. The lowest BCUT2D eigenvalue weighted by Gasteiger charge is -2.15. The molecule has 3 rings (SSSR count). The van der Waals surface area contributed by atoms with E-state index in [-0.39, 0.29) is 11.2 Å². The molecule has 3 aromatic rings. The number of fused-ring (bicyclic) bond motifs is 1. The Labute approximate surface area is 147 Å². The largest absolute Gasteiger partial charge is 0.477 e. The van der Waals surface area contributed by atoms with E-state index in [1.807, 2.05) is 13.8 Å². The minimum atomic E-state index is -4.36. The molecule has 0 aliphatic carbocycles. The van der Waals surface area contributed by atoms with Crippen LogP contribution in [0.3, 0.4) is 0 Å². The van der Waals surface area contributed by atoms with E-state index in [4.69, 9.17) is 16.3 Å². The second-order valence-corrected chi connectivity index (χ2v) is 5.89. The molecule has 0 N–H and O–H groups in total. The summed E-state index contributed by atoms with van der Waals surface area (Å²) >= 11 is 6.05. The molecule has 4 nitrogen and oxygen atoms in total. The van der Waals surface area contributed by atoms with Crippen LogP contribution >= 0.6 is 11.6 Å². The quantitative estimate of drug-likeness (QED) is 0.600. The maximum absolute atomic E-state index is 12.7. The van der Waals surface area contributed by atoms with Gasteiger partial charge in [0.05, 0.1) is 35.3 Å². The van der Waals surface area contributed by atoms with Gasteiger partial charge in [0.2, 0.25) is 5.88 Å². The van der Waals surface area contributed by atoms with Gasteiger partial charge in [-0.15, -0.1) is 0 Å². The Balaban J connectivity index is 2.01. The fourth-order valence-electron chi connectivity index (χ4n) is 2.63. The van der Waals surface area contributed by atoms with E-state index in [9.17, 15) is 13.2 Å². The lowest BCUT2D eigenvalue weighted by Crippen LogP contribution is -2.10. The van der Waals surface area contributed by atoms with Crippen LogP contribution in [0.1, 0.15) is 31.0 Å². The maximum Gasteiger partial charge on any atom is 0.416 e. The van der Waals surface area contributed by atoms with E-state index in [0.29, 0.717) is 29.0 Å². The van der Waals surface area contributed by atoms with Gasteiger partial charge in [-0.25, -0.2) is 4.98 Å². The molecule has 0 saturated carbocycles. The average molecular weight is 370 g/mol. The Kier molecular flexibility index (Phi) is 4.60. The summed E-state index contributed by atoms with van der Waals surface area (Å²) < 4.78 is 45.3. The van der Waals surface area contributed by atoms with E-state index < -0.39 is 11.7 Å². The summed E-state index contributed by atoms with van der Waals surface area (Å²) in [7, 11) is 0. The number of ether oxygens (including phenoxy) is 1. The third-order valence-electron chi connectivity index (χ3n) is 3.90. The van der Waals surface area contributed by atoms with Gasteiger partial charge >= 0.3 is 6.18 Å². The van der Waals surface area contributed by atoms with Gasteiger partial charge in [-0.2, -0.15) is 18.3 Å². The highest BCUT2D eigenvalue weighted by Crippen LogP contribution is 2.32. The van der Waals surface area contributed by atoms with E-state index in [1.54, 1.807) is 16.9 Å². The zero-order valence-electron chi connectivity index (χ0n) is 13.5. The van der Waals surface area contributed by atoms with Crippen molar-refractivity contribution in [3.05, 3.63) is 52.8 Å². The molecule has 1 aromatic carbocycles. The first-order valence-electron chi connectivity index (χ1n) is 7.65. The summed E-state index contributed by atoms with van der Waals surface area (Å²) in [5, 5.41) is 5.30. The molecule has 0 radical (unpaired) electrons. The van der Waals surface area contributed by atoms with Crippen molar-refractivity contribution in [1.82, 2.24) is 14.8 Å². The Morgan fingerprint density at radius 1 is 1.24 bits per heavy atom. The Morgan fingerprint density at radius 3 is 2.52 bits per heavy atom. The Morgan fingerprint density at radius 2 is 1.92 bits per heavy atom. The molecule has 0 bridgehead atoms. The van der Waals surface area contributed by atoms with Gasteiger partial charge in [0, 0.05) is 6.07 Å². The molecule has 2 aromatic heterocycles. The van der Waals surface area contributed by atoms with Crippen LogP contribution in [0.5, 0.6) is 5.88 Å². The van der Waals surface area contributed by atoms with Crippen molar-refractivity contribution in [2.75, 3.05) is 6.61 Å². The number of alkyl halides is 3. The van der Waals surface area contributed by atoms with Gasteiger partial charge in [0.25, 0.3) is 0 Å². The molecule has 8 heteroatoms. The number of halogens is 4. The fraction of sp³-hybridized carbons (Fsp3) is 0.294. The van der Waals surface area contributed by atoms with Crippen molar-refractivity contribution < 1.29 is 17.9 Å². The summed E-state index contributed by atoms with van der Waals surface area (Å²) in [4.78, 5) is 4.14. The van der Waals surface area contributed by atoms with Gasteiger partial charge < -0.3 is 4.74 Å². The van der Waals surface area contributed by atoms with Crippen LogP contribution in [0.2, 0.25) is 5.15 Å². The van der Waals surface area contributed by atoms with Gasteiger partial charge in [-0.05, 0) is 31.5 Å². The van der Waals surface area contributed by atoms with Crippen LogP contribution in [0, 0.1) is 0 Å². The monoisotopic (exact) mass is 369 g/mol. The molecule has 0 amide bonds. The van der Waals surface area contributed by atoms with E-state index in [2.05, 4.69) is 10.1 Å². The second-order valence-electron chi connectivity index (χ2n) is 5.50. The highest BCUT2D eigenvalue weighted by Gasteiger charge is 2.30. The zero-order chi connectivity index (χ0) is 18.2. The van der Waals surface area contributed by atoms with Crippen molar-refractivity contribution in [2.45, 2.75) is 26.1 Å². The van der Waals surface area contributed by atoms with Crippen molar-refractivity contribution in [3.8, 4) is 5.88 Å². The SMILES string of the molecule is CCOc1nc(Cl)cc2c1cnn2C(C)c1ccc(C(F)(F)F)cc1. The number of hydrogen-bond acceptors (Lipinski definition) is 3. The van der Waals surface area contributed by atoms with Crippen LogP contribution in [-0.4, -0.2) is 21.4 Å². The van der Waals surface area contributed by atoms with Gasteiger partial charge in [0.1, 0.15) is 5.15 Å². The number of pyridine rings is 1. The molecular formula is C17H15ClF3N3O. The molecule has 1 unspecified atom stereocenters. The number of nitrogens with zero attached hydrogens (tertiary/aromatic N) is 3. The van der Waals surface area contributed by atoms with Crippen molar-refractivity contribution in [1.29, 1.82) is 0 Å². The summed E-state index contributed by atoms with van der Waals surface area (Å²) in [5.41, 5.74) is 0.722. The molecule has 0 aliphatic rings. The topological polar surface area (TPSA) is 39.9 Å². The Bertz CT molecular complexity index is 891. The van der Waals surface area contributed by atoms with Crippen molar-refractivity contribution in [3.63, 3.8) is 0 Å². The average Bonchev–Trinajstić information content (AvgIpc) is 2.97. The molecule has 132 valence electrons. The predicted molar refractivity (Wildman–Crippen MR) is 89.0 cm³/mol. The van der Waals surface area contributed by atoms with Gasteiger partial charge in [-0.1, -0.05) is 23.7 Å². The molecular weight excluding hydrogens is 355 g/mol. The number of benzene rings is 1. The van der Waals surface area contributed by atoms with E-state index in [1.165, 1.54) is 12.1 Å². The van der Waals surface area contributed by atoms with Gasteiger partial charge in [0.15, 0.2) is 0 Å². The lowest BCUT2D eigenvalue weighted by atomic mass is 10.1. The molecule has 0 aliphatic heterocycles. The van der Waals surface area contributed by atoms with E-state index >= 15 is 0 Å². The summed E-state index contributed by atoms with van der Waals surface area (Å²) in [6, 6.07) is 6.41. The highest BCUT2D eigenvalue weighted by atomic mass is 35.5. The minimum absolute atomic E-state index is 0.261. The fourth-order valence-corrected chi connectivity index (χ4v) is 2.81. The van der Waals surface area contributed by atoms with Crippen molar-refractivity contribution >= 4 is 22.5 Å². The summed E-state index contributed by atoms with van der Waals surface area (Å²) in [5.74, 6) is 0.385. The third-order valence-corrected chi connectivity index (χ3v) is 4.09. The van der Waals surface area contributed by atoms with Crippen LogP contribution in [0.25, 0.3) is 10.9 Å². The highest BCUT2D eigenvalue weighted by molar-refractivity contribution is 6.30. The Hall–Kier alpha value is -2.28. The first kappa shape index (κ1) is 17.5. The van der Waals surface area contributed by atoms with Crippen molar-refractivity contribution in [2.24, 2.45) is 0 Å². The zero-order valence-corrected chi connectivity index (χ0v) is 14.3. The molecule has 2 heterocycles. The standard InChI is InChI=1S/C17H15ClF3N3O/c1-3-25-16-13-9-22-24(14(13)8-15(18)23-16)10(2)11-4-6-12(7-5-11)17(19,20)21/h4-10H,3H2,1-2H3. The first-order chi connectivity index (χ1) is 11.8. The van der Waals surface area contributed by atoms with E-state index in [0.717, 1.165) is 12.1 Å². The molecule has 1 atom stereocenters. The predicted octanol–water partition coefficient (Wildman–Crippen LogP) is 5.11. The smallest absolute Gasteiger partial charge is 0.416 e.